The number of nitrogens with zero attached hydrogens (tertiary/aromatic N) is 1. The van der Waals surface area contributed by atoms with Crippen molar-refractivity contribution in [3.8, 4) is 0 Å². The van der Waals surface area contributed by atoms with Gasteiger partial charge in [0.15, 0.2) is 0 Å². The van der Waals surface area contributed by atoms with E-state index in [1.54, 1.807) is 6.20 Å². The number of rotatable bonds is 9. The Morgan fingerprint density at radius 1 is 1.33 bits per heavy atom. The summed E-state index contributed by atoms with van der Waals surface area (Å²) >= 11 is 0. The lowest BCUT2D eigenvalue weighted by Gasteiger charge is -2.12. The zero-order valence-electron chi connectivity index (χ0n) is 11.0. The molecule has 3 heteroatoms. The van der Waals surface area contributed by atoms with Crippen LogP contribution in [0.1, 0.15) is 57.1 Å². The second-order valence-electron chi connectivity index (χ2n) is 4.49. The zero-order chi connectivity index (χ0) is 13.2. The predicted octanol–water partition coefficient (Wildman–Crippen LogP) is 3.29. The van der Waals surface area contributed by atoms with Gasteiger partial charge in [0.05, 0.1) is 11.6 Å². The first-order valence-corrected chi connectivity index (χ1v) is 6.66. The molecule has 1 rings (SSSR count). The highest BCUT2D eigenvalue weighted by molar-refractivity contribution is 5.87. The van der Waals surface area contributed by atoms with Crippen molar-refractivity contribution >= 4 is 12.1 Å². The Kier molecular flexibility index (Phi) is 6.92. The van der Waals surface area contributed by atoms with Crippen LogP contribution in [0.2, 0.25) is 0 Å². The first kappa shape index (κ1) is 14.6. The van der Waals surface area contributed by atoms with E-state index in [1.165, 1.54) is 0 Å². The van der Waals surface area contributed by atoms with Crippen LogP contribution in [0.3, 0.4) is 0 Å². The van der Waals surface area contributed by atoms with Crippen molar-refractivity contribution in [2.24, 2.45) is 0 Å². The molecule has 0 saturated carbocycles. The third-order valence-electron chi connectivity index (χ3n) is 3.04. The van der Waals surface area contributed by atoms with Crippen LogP contribution in [-0.4, -0.2) is 17.1 Å². The van der Waals surface area contributed by atoms with Crippen LogP contribution >= 0.6 is 0 Å². The molecule has 0 aliphatic rings. The third-order valence-corrected chi connectivity index (χ3v) is 3.04. The minimum Gasteiger partial charge on any atom is -0.303 e. The van der Waals surface area contributed by atoms with Crippen molar-refractivity contribution in [2.45, 2.75) is 51.4 Å². The number of carbonyl (C=O) groups is 2. The summed E-state index contributed by atoms with van der Waals surface area (Å²) < 4.78 is 0. The predicted molar refractivity (Wildman–Crippen MR) is 71.4 cm³/mol. The molecule has 1 aromatic rings. The van der Waals surface area contributed by atoms with Crippen LogP contribution < -0.4 is 0 Å². The largest absolute Gasteiger partial charge is 0.303 e. The van der Waals surface area contributed by atoms with Crippen molar-refractivity contribution in [3.63, 3.8) is 0 Å². The van der Waals surface area contributed by atoms with E-state index in [-0.39, 0.29) is 18.1 Å². The SMILES string of the molecule is CCCCCCC(=O)C(CC=O)c1ccccn1. The van der Waals surface area contributed by atoms with Gasteiger partial charge in [-0.1, -0.05) is 32.3 Å². The molecule has 98 valence electrons. The summed E-state index contributed by atoms with van der Waals surface area (Å²) in [6, 6.07) is 5.48. The Balaban J connectivity index is 2.56. The molecule has 0 amide bonds. The number of aldehydes is 1. The average molecular weight is 247 g/mol. The standard InChI is InChI=1S/C15H21NO2/c1-2-3-4-5-9-15(18)13(10-12-17)14-8-6-7-11-16-14/h6-8,11-13H,2-5,9-10H2,1H3. The fourth-order valence-electron chi connectivity index (χ4n) is 2.00. The Hall–Kier alpha value is -1.51. The van der Waals surface area contributed by atoms with Gasteiger partial charge in [-0.05, 0) is 18.6 Å². The normalized spacial score (nSPS) is 12.1. The third kappa shape index (κ3) is 4.78. The first-order chi connectivity index (χ1) is 8.79. The average Bonchev–Trinajstić information content (AvgIpc) is 2.41. The topological polar surface area (TPSA) is 47.0 Å². The van der Waals surface area contributed by atoms with Gasteiger partial charge in [-0.15, -0.1) is 0 Å². The number of aromatic nitrogens is 1. The van der Waals surface area contributed by atoms with Crippen molar-refractivity contribution in [1.29, 1.82) is 0 Å². The molecular formula is C15H21NO2. The second kappa shape index (κ2) is 8.56. The van der Waals surface area contributed by atoms with Gasteiger partial charge in [0.25, 0.3) is 0 Å². The Morgan fingerprint density at radius 2 is 2.17 bits per heavy atom. The summed E-state index contributed by atoms with van der Waals surface area (Å²) in [6.45, 7) is 2.14. The number of hydrogen-bond donors (Lipinski definition) is 0. The molecule has 0 N–H and O–H groups in total. The van der Waals surface area contributed by atoms with E-state index in [1.807, 2.05) is 18.2 Å². The van der Waals surface area contributed by atoms with Gasteiger partial charge < -0.3 is 4.79 Å². The van der Waals surface area contributed by atoms with Gasteiger partial charge in [-0.2, -0.15) is 0 Å². The summed E-state index contributed by atoms with van der Waals surface area (Å²) in [6.07, 6.45) is 7.58. The van der Waals surface area contributed by atoms with Crippen LogP contribution in [0.15, 0.2) is 24.4 Å². The molecule has 0 spiro atoms. The van der Waals surface area contributed by atoms with Gasteiger partial charge >= 0.3 is 0 Å². The van der Waals surface area contributed by atoms with Crippen molar-refractivity contribution < 1.29 is 9.59 Å². The molecule has 1 aromatic heterocycles. The monoisotopic (exact) mass is 247 g/mol. The molecule has 1 heterocycles. The smallest absolute Gasteiger partial charge is 0.142 e. The van der Waals surface area contributed by atoms with Gasteiger partial charge in [-0.25, -0.2) is 0 Å². The Morgan fingerprint density at radius 3 is 2.78 bits per heavy atom. The van der Waals surface area contributed by atoms with Gasteiger partial charge in [0, 0.05) is 19.0 Å². The van der Waals surface area contributed by atoms with E-state index in [9.17, 15) is 9.59 Å². The highest BCUT2D eigenvalue weighted by Crippen LogP contribution is 2.20. The van der Waals surface area contributed by atoms with Crippen LogP contribution in [0.4, 0.5) is 0 Å². The maximum atomic E-state index is 12.1. The molecule has 0 fully saturated rings. The number of unbranched alkanes of at least 4 members (excludes halogenated alkanes) is 3. The van der Waals surface area contributed by atoms with Crippen LogP contribution in [0, 0.1) is 0 Å². The maximum absolute atomic E-state index is 12.1. The molecule has 0 aromatic carbocycles. The van der Waals surface area contributed by atoms with Crippen LogP contribution in [0.5, 0.6) is 0 Å². The number of hydrogen-bond acceptors (Lipinski definition) is 3. The van der Waals surface area contributed by atoms with Crippen molar-refractivity contribution in [3.05, 3.63) is 30.1 Å². The molecule has 0 bridgehead atoms. The molecule has 0 radical (unpaired) electrons. The minimum atomic E-state index is -0.356. The first-order valence-electron chi connectivity index (χ1n) is 6.66. The van der Waals surface area contributed by atoms with Crippen molar-refractivity contribution in [2.75, 3.05) is 0 Å². The molecule has 0 aliphatic carbocycles. The van der Waals surface area contributed by atoms with E-state index >= 15 is 0 Å². The minimum absolute atomic E-state index is 0.136. The highest BCUT2D eigenvalue weighted by Gasteiger charge is 2.20. The molecule has 1 atom stereocenters. The highest BCUT2D eigenvalue weighted by atomic mass is 16.1. The Bertz CT molecular complexity index is 362. The number of pyridine rings is 1. The molecule has 1 unspecified atom stereocenters. The quantitative estimate of drug-likeness (QED) is 0.497. The molecule has 0 saturated heterocycles. The number of Topliss-reactive ketones (excluding diaryl/α,β-unsaturated/α-hetero) is 1. The Labute approximate surface area is 109 Å². The van der Waals surface area contributed by atoms with E-state index in [0.717, 1.165) is 32.0 Å². The summed E-state index contributed by atoms with van der Waals surface area (Å²) in [4.78, 5) is 27.0. The summed E-state index contributed by atoms with van der Waals surface area (Å²) in [5, 5.41) is 0. The van der Waals surface area contributed by atoms with Gasteiger partial charge in [0.1, 0.15) is 12.1 Å². The molecule has 0 aliphatic heterocycles. The fraction of sp³-hybridized carbons (Fsp3) is 0.533. The lowest BCUT2D eigenvalue weighted by atomic mass is 9.93. The molecular weight excluding hydrogens is 226 g/mol. The lowest BCUT2D eigenvalue weighted by Crippen LogP contribution is -2.14. The molecule has 3 nitrogen and oxygen atoms in total. The van der Waals surface area contributed by atoms with E-state index in [0.29, 0.717) is 12.1 Å². The van der Waals surface area contributed by atoms with Crippen LogP contribution in [0.25, 0.3) is 0 Å². The molecule has 18 heavy (non-hydrogen) atoms. The fourth-order valence-corrected chi connectivity index (χ4v) is 2.00. The van der Waals surface area contributed by atoms with E-state index in [2.05, 4.69) is 11.9 Å². The summed E-state index contributed by atoms with van der Waals surface area (Å²) in [5.74, 6) is -0.220. The lowest BCUT2D eigenvalue weighted by molar-refractivity contribution is -0.122. The second-order valence-corrected chi connectivity index (χ2v) is 4.49. The number of ketones is 1. The maximum Gasteiger partial charge on any atom is 0.142 e. The van der Waals surface area contributed by atoms with Gasteiger partial charge in [0.2, 0.25) is 0 Å². The zero-order valence-corrected chi connectivity index (χ0v) is 11.0. The van der Waals surface area contributed by atoms with E-state index in [4.69, 9.17) is 0 Å². The summed E-state index contributed by atoms with van der Waals surface area (Å²) in [5.41, 5.74) is 0.713. The van der Waals surface area contributed by atoms with Gasteiger partial charge in [-0.3, -0.25) is 9.78 Å². The van der Waals surface area contributed by atoms with E-state index < -0.39 is 0 Å². The van der Waals surface area contributed by atoms with Crippen LogP contribution in [-0.2, 0) is 9.59 Å². The number of carbonyl (C=O) groups excluding carboxylic acids is 2. The van der Waals surface area contributed by atoms with Crippen molar-refractivity contribution in [1.82, 2.24) is 4.98 Å². The summed E-state index contributed by atoms with van der Waals surface area (Å²) in [7, 11) is 0.